The number of hydrogen-bond acceptors (Lipinski definition) is 3. The zero-order valence-electron chi connectivity index (χ0n) is 11.3. The largest absolute Gasteiger partial charge is 0.480 e. The van der Waals surface area contributed by atoms with Crippen LogP contribution in [0.25, 0.3) is 0 Å². The molecule has 1 unspecified atom stereocenters. The number of primary amides is 1. The molecule has 0 aliphatic rings. The first kappa shape index (κ1) is 17.2. The Kier molecular flexibility index (Phi) is 6.87. The molecule has 0 bridgehead atoms. The van der Waals surface area contributed by atoms with Gasteiger partial charge in [-0.2, -0.15) is 0 Å². The first-order chi connectivity index (χ1) is 9.88. The summed E-state index contributed by atoms with van der Waals surface area (Å²) in [7, 11) is 0. The zero-order valence-corrected chi connectivity index (χ0v) is 12.9. The van der Waals surface area contributed by atoms with E-state index in [1.807, 2.05) is 24.3 Å². The highest BCUT2D eigenvalue weighted by Crippen LogP contribution is 2.13. The molecular weight excluding hydrogens is 340 g/mol. The molecule has 0 heterocycles. The van der Waals surface area contributed by atoms with Crippen molar-refractivity contribution < 1.29 is 19.5 Å². The Balaban J connectivity index is 2.46. The number of carboxylic acid groups (broad SMARTS) is 1. The van der Waals surface area contributed by atoms with Crippen LogP contribution in [0.1, 0.15) is 24.8 Å². The summed E-state index contributed by atoms with van der Waals surface area (Å²) in [6, 6.07) is 6.44. The lowest BCUT2D eigenvalue weighted by Gasteiger charge is -2.13. The van der Waals surface area contributed by atoms with Gasteiger partial charge in [-0.15, -0.1) is 0 Å². The Bertz CT molecular complexity index is 533. The number of rotatable bonds is 8. The molecule has 4 N–H and O–H groups in total. The highest BCUT2D eigenvalue weighted by molar-refractivity contribution is 9.10. The molecule has 1 rings (SSSR count). The molecule has 0 fully saturated rings. The summed E-state index contributed by atoms with van der Waals surface area (Å²) < 4.78 is 0.922. The normalized spacial score (nSPS) is 11.7. The average Bonchev–Trinajstić information content (AvgIpc) is 2.40. The number of aryl methyl sites for hydroxylation is 1. The molecule has 1 atom stereocenters. The Labute approximate surface area is 130 Å². The lowest BCUT2D eigenvalue weighted by atomic mass is 10.1. The van der Waals surface area contributed by atoms with E-state index < -0.39 is 17.9 Å². The molecule has 0 aromatic heterocycles. The second kappa shape index (κ2) is 8.41. The Morgan fingerprint density at radius 3 is 2.57 bits per heavy atom. The third kappa shape index (κ3) is 6.89. The number of aliphatic carboxylic acids is 1. The molecule has 0 aliphatic carbocycles. The van der Waals surface area contributed by atoms with E-state index in [4.69, 9.17) is 10.8 Å². The fourth-order valence-electron chi connectivity index (χ4n) is 1.76. The summed E-state index contributed by atoms with van der Waals surface area (Å²) in [5, 5.41) is 11.4. The van der Waals surface area contributed by atoms with Crippen LogP contribution >= 0.6 is 15.9 Å². The highest BCUT2D eigenvalue weighted by atomic mass is 79.9. The van der Waals surface area contributed by atoms with Gasteiger partial charge in [0.15, 0.2) is 0 Å². The van der Waals surface area contributed by atoms with Crippen molar-refractivity contribution in [1.82, 2.24) is 5.32 Å². The van der Waals surface area contributed by atoms with E-state index >= 15 is 0 Å². The molecular formula is C14H17BrN2O4. The van der Waals surface area contributed by atoms with Crippen molar-refractivity contribution in [1.29, 1.82) is 0 Å². The van der Waals surface area contributed by atoms with Crippen LogP contribution in [0, 0.1) is 0 Å². The van der Waals surface area contributed by atoms with Gasteiger partial charge in [0.2, 0.25) is 11.8 Å². The lowest BCUT2D eigenvalue weighted by molar-refractivity contribution is -0.142. The van der Waals surface area contributed by atoms with Crippen LogP contribution in [0.4, 0.5) is 0 Å². The molecule has 114 valence electrons. The summed E-state index contributed by atoms with van der Waals surface area (Å²) in [5.41, 5.74) is 5.95. The predicted molar refractivity (Wildman–Crippen MR) is 80.5 cm³/mol. The summed E-state index contributed by atoms with van der Waals surface area (Å²) in [5.74, 6) is -2.14. The van der Waals surface area contributed by atoms with Crippen molar-refractivity contribution in [3.63, 3.8) is 0 Å². The van der Waals surface area contributed by atoms with E-state index in [0.717, 1.165) is 10.0 Å². The molecule has 0 saturated heterocycles. The van der Waals surface area contributed by atoms with Crippen LogP contribution in [0.3, 0.4) is 0 Å². The molecule has 21 heavy (non-hydrogen) atoms. The molecule has 0 radical (unpaired) electrons. The zero-order chi connectivity index (χ0) is 15.8. The smallest absolute Gasteiger partial charge is 0.326 e. The SMILES string of the molecule is NC(=O)CCC(NC(=O)CCc1cccc(Br)c1)C(=O)O. The van der Waals surface area contributed by atoms with E-state index in [-0.39, 0.29) is 25.2 Å². The number of amides is 2. The van der Waals surface area contributed by atoms with Crippen LogP contribution in [0.5, 0.6) is 0 Å². The number of nitrogens with one attached hydrogen (secondary N) is 1. The minimum Gasteiger partial charge on any atom is -0.480 e. The number of benzene rings is 1. The molecule has 7 heteroatoms. The van der Waals surface area contributed by atoms with Crippen molar-refractivity contribution in [3.8, 4) is 0 Å². The van der Waals surface area contributed by atoms with E-state index in [1.54, 1.807) is 0 Å². The molecule has 1 aromatic carbocycles. The van der Waals surface area contributed by atoms with Gasteiger partial charge in [-0.3, -0.25) is 9.59 Å². The Morgan fingerprint density at radius 2 is 2.00 bits per heavy atom. The van der Waals surface area contributed by atoms with E-state index in [9.17, 15) is 14.4 Å². The van der Waals surface area contributed by atoms with Gasteiger partial charge in [0, 0.05) is 17.3 Å². The van der Waals surface area contributed by atoms with Crippen LogP contribution in [0.15, 0.2) is 28.7 Å². The van der Waals surface area contributed by atoms with Gasteiger partial charge < -0.3 is 16.2 Å². The molecule has 0 spiro atoms. The van der Waals surface area contributed by atoms with Crippen molar-refractivity contribution in [2.75, 3.05) is 0 Å². The van der Waals surface area contributed by atoms with Crippen LogP contribution in [-0.4, -0.2) is 28.9 Å². The van der Waals surface area contributed by atoms with E-state index in [1.165, 1.54) is 0 Å². The number of carbonyl (C=O) groups is 3. The maximum absolute atomic E-state index is 11.8. The fourth-order valence-corrected chi connectivity index (χ4v) is 2.21. The number of nitrogens with two attached hydrogens (primary N) is 1. The minimum atomic E-state index is -1.17. The van der Waals surface area contributed by atoms with Crippen molar-refractivity contribution in [2.24, 2.45) is 5.73 Å². The number of halogens is 1. The number of carboxylic acids is 1. The third-order valence-electron chi connectivity index (χ3n) is 2.84. The molecule has 0 saturated carbocycles. The lowest BCUT2D eigenvalue weighted by Crippen LogP contribution is -2.41. The number of carbonyl (C=O) groups excluding carboxylic acids is 2. The topological polar surface area (TPSA) is 109 Å². The summed E-state index contributed by atoms with van der Waals surface area (Å²) in [6.45, 7) is 0. The summed E-state index contributed by atoms with van der Waals surface area (Å²) in [6.07, 6.45) is 0.598. The predicted octanol–water partition coefficient (Wildman–Crippen LogP) is 1.22. The van der Waals surface area contributed by atoms with Crippen LogP contribution in [0.2, 0.25) is 0 Å². The second-order valence-electron chi connectivity index (χ2n) is 4.59. The fraction of sp³-hybridized carbons (Fsp3) is 0.357. The Hall–Kier alpha value is -1.89. The van der Waals surface area contributed by atoms with Crippen molar-refractivity contribution >= 4 is 33.7 Å². The van der Waals surface area contributed by atoms with Crippen molar-refractivity contribution in [2.45, 2.75) is 31.7 Å². The highest BCUT2D eigenvalue weighted by Gasteiger charge is 2.20. The average molecular weight is 357 g/mol. The maximum atomic E-state index is 11.8. The van der Waals surface area contributed by atoms with Gasteiger partial charge in [-0.25, -0.2) is 4.79 Å². The van der Waals surface area contributed by atoms with Gasteiger partial charge in [0.05, 0.1) is 0 Å². The van der Waals surface area contributed by atoms with Crippen molar-refractivity contribution in [3.05, 3.63) is 34.3 Å². The van der Waals surface area contributed by atoms with Crippen LogP contribution in [-0.2, 0) is 20.8 Å². The van der Waals surface area contributed by atoms with E-state index in [2.05, 4.69) is 21.2 Å². The summed E-state index contributed by atoms with van der Waals surface area (Å²) >= 11 is 3.34. The van der Waals surface area contributed by atoms with E-state index in [0.29, 0.717) is 6.42 Å². The summed E-state index contributed by atoms with van der Waals surface area (Å²) in [4.78, 5) is 33.4. The first-order valence-electron chi connectivity index (χ1n) is 6.43. The minimum absolute atomic E-state index is 0.00665. The third-order valence-corrected chi connectivity index (χ3v) is 3.34. The van der Waals surface area contributed by atoms with Gasteiger partial charge in [0.1, 0.15) is 6.04 Å². The first-order valence-corrected chi connectivity index (χ1v) is 7.22. The second-order valence-corrected chi connectivity index (χ2v) is 5.51. The number of hydrogen-bond donors (Lipinski definition) is 3. The monoisotopic (exact) mass is 356 g/mol. The molecule has 6 nitrogen and oxygen atoms in total. The molecule has 0 aliphatic heterocycles. The van der Waals surface area contributed by atoms with Gasteiger partial charge >= 0.3 is 5.97 Å². The molecule has 2 amide bonds. The van der Waals surface area contributed by atoms with Gasteiger partial charge in [0.25, 0.3) is 0 Å². The van der Waals surface area contributed by atoms with Gasteiger partial charge in [-0.1, -0.05) is 28.1 Å². The quantitative estimate of drug-likeness (QED) is 0.650. The standard InChI is InChI=1S/C14H17BrN2O4/c15-10-3-1-2-9(8-10)4-7-13(19)17-11(14(20)21)5-6-12(16)18/h1-3,8,11H,4-7H2,(H2,16,18)(H,17,19)(H,20,21). The van der Waals surface area contributed by atoms with Gasteiger partial charge in [-0.05, 0) is 30.5 Å². The van der Waals surface area contributed by atoms with Crippen LogP contribution < -0.4 is 11.1 Å². The maximum Gasteiger partial charge on any atom is 0.326 e. The molecule has 1 aromatic rings. The Morgan fingerprint density at radius 1 is 1.29 bits per heavy atom.